The van der Waals surface area contributed by atoms with E-state index in [1.807, 2.05) is 42.6 Å². The molecule has 3 nitrogen and oxygen atoms in total. The highest BCUT2D eigenvalue weighted by Crippen LogP contribution is 2.19. The van der Waals surface area contributed by atoms with Crippen LogP contribution in [0.5, 0.6) is 11.5 Å². The van der Waals surface area contributed by atoms with Gasteiger partial charge >= 0.3 is 0 Å². The van der Waals surface area contributed by atoms with Crippen molar-refractivity contribution in [3.63, 3.8) is 0 Å². The third-order valence-electron chi connectivity index (χ3n) is 5.86. The highest BCUT2D eigenvalue weighted by atomic mass is 16.5. The fourth-order valence-electron chi connectivity index (χ4n) is 3.75. The van der Waals surface area contributed by atoms with Gasteiger partial charge in [0.2, 0.25) is 0 Å². The number of rotatable bonds is 19. The van der Waals surface area contributed by atoms with Crippen LogP contribution in [0.3, 0.4) is 0 Å². The SMILES string of the molecule is CCCCCCCCCCOc1ccc(N=Cc2ccc(OCCCCCCC)cc2)cc1. The first-order valence-electron chi connectivity index (χ1n) is 13.3. The zero-order valence-corrected chi connectivity index (χ0v) is 21.1. The lowest BCUT2D eigenvalue weighted by Gasteiger charge is -2.07. The fraction of sp³-hybridized carbons (Fsp3) is 0.567. The Balaban J connectivity index is 1.61. The average molecular weight is 452 g/mol. The van der Waals surface area contributed by atoms with Crippen molar-refractivity contribution in [2.45, 2.75) is 97.3 Å². The van der Waals surface area contributed by atoms with Gasteiger partial charge in [0.1, 0.15) is 11.5 Å². The van der Waals surface area contributed by atoms with Crippen molar-refractivity contribution < 1.29 is 9.47 Å². The number of benzene rings is 2. The van der Waals surface area contributed by atoms with Crippen LogP contribution in [0.25, 0.3) is 0 Å². The molecule has 3 heteroatoms. The monoisotopic (exact) mass is 451 g/mol. The maximum Gasteiger partial charge on any atom is 0.119 e. The molecule has 2 aromatic rings. The largest absolute Gasteiger partial charge is 0.494 e. The van der Waals surface area contributed by atoms with Gasteiger partial charge in [0.15, 0.2) is 0 Å². The van der Waals surface area contributed by atoms with E-state index in [0.717, 1.165) is 48.8 Å². The van der Waals surface area contributed by atoms with Crippen molar-refractivity contribution in [2.75, 3.05) is 13.2 Å². The van der Waals surface area contributed by atoms with E-state index in [9.17, 15) is 0 Å². The lowest BCUT2D eigenvalue weighted by Crippen LogP contribution is -1.97. The van der Waals surface area contributed by atoms with E-state index in [-0.39, 0.29) is 0 Å². The molecule has 0 atom stereocenters. The molecule has 0 aliphatic carbocycles. The molecule has 0 bridgehead atoms. The van der Waals surface area contributed by atoms with Crippen LogP contribution in [0.2, 0.25) is 0 Å². The third-order valence-corrected chi connectivity index (χ3v) is 5.86. The Morgan fingerprint density at radius 3 is 1.45 bits per heavy atom. The number of hydrogen-bond acceptors (Lipinski definition) is 3. The molecular formula is C30H45NO2. The van der Waals surface area contributed by atoms with Crippen LogP contribution in [0.15, 0.2) is 53.5 Å². The van der Waals surface area contributed by atoms with Crippen LogP contribution in [0.1, 0.15) is 103 Å². The molecule has 0 N–H and O–H groups in total. The molecule has 0 fully saturated rings. The summed E-state index contributed by atoms with van der Waals surface area (Å²) < 4.78 is 11.7. The molecule has 0 spiro atoms. The summed E-state index contributed by atoms with van der Waals surface area (Å²) in [6.07, 6.45) is 18.7. The molecule has 0 heterocycles. The van der Waals surface area contributed by atoms with Gasteiger partial charge in [0.25, 0.3) is 0 Å². The van der Waals surface area contributed by atoms with E-state index in [0.29, 0.717) is 0 Å². The average Bonchev–Trinajstić information content (AvgIpc) is 2.85. The van der Waals surface area contributed by atoms with Gasteiger partial charge in [-0.1, -0.05) is 84.5 Å². The first-order valence-corrected chi connectivity index (χ1v) is 13.3. The van der Waals surface area contributed by atoms with Crippen LogP contribution < -0.4 is 9.47 Å². The van der Waals surface area contributed by atoms with Crippen LogP contribution in [-0.4, -0.2) is 19.4 Å². The van der Waals surface area contributed by atoms with Crippen molar-refractivity contribution in [1.82, 2.24) is 0 Å². The Kier molecular flexibility index (Phi) is 14.8. The van der Waals surface area contributed by atoms with E-state index in [4.69, 9.17) is 9.47 Å². The van der Waals surface area contributed by atoms with Crippen molar-refractivity contribution >= 4 is 11.9 Å². The van der Waals surface area contributed by atoms with Crippen molar-refractivity contribution in [1.29, 1.82) is 0 Å². The first kappa shape index (κ1) is 27.0. The van der Waals surface area contributed by atoms with E-state index in [1.165, 1.54) is 70.6 Å². The number of aliphatic imine (C=N–C) groups is 1. The zero-order chi connectivity index (χ0) is 23.4. The Hall–Kier alpha value is -2.29. The third kappa shape index (κ3) is 13.1. The molecule has 0 amide bonds. The Labute approximate surface area is 202 Å². The maximum absolute atomic E-state index is 5.88. The van der Waals surface area contributed by atoms with Gasteiger partial charge in [-0.25, -0.2) is 0 Å². The van der Waals surface area contributed by atoms with Crippen LogP contribution in [0, 0.1) is 0 Å². The van der Waals surface area contributed by atoms with Crippen molar-refractivity contribution in [2.24, 2.45) is 4.99 Å². The van der Waals surface area contributed by atoms with E-state index in [2.05, 4.69) is 31.0 Å². The molecule has 2 aromatic carbocycles. The summed E-state index contributed by atoms with van der Waals surface area (Å²) in [6.45, 7) is 6.10. The van der Waals surface area contributed by atoms with Gasteiger partial charge in [0, 0.05) is 6.21 Å². The summed E-state index contributed by atoms with van der Waals surface area (Å²) in [6, 6.07) is 16.2. The lowest BCUT2D eigenvalue weighted by atomic mass is 10.1. The molecule has 182 valence electrons. The molecular weight excluding hydrogens is 406 g/mol. The molecule has 0 aliphatic heterocycles. The van der Waals surface area contributed by atoms with E-state index in [1.54, 1.807) is 0 Å². The van der Waals surface area contributed by atoms with Crippen molar-refractivity contribution in [3.05, 3.63) is 54.1 Å². The number of hydrogen-bond donors (Lipinski definition) is 0. The van der Waals surface area contributed by atoms with E-state index < -0.39 is 0 Å². The molecule has 2 rings (SSSR count). The minimum absolute atomic E-state index is 0.796. The molecule has 33 heavy (non-hydrogen) atoms. The topological polar surface area (TPSA) is 30.8 Å². The van der Waals surface area contributed by atoms with Crippen LogP contribution >= 0.6 is 0 Å². The molecule has 0 aliphatic rings. The van der Waals surface area contributed by atoms with Crippen LogP contribution in [0.4, 0.5) is 5.69 Å². The predicted molar refractivity (Wildman–Crippen MR) is 142 cm³/mol. The summed E-state index contributed by atoms with van der Waals surface area (Å²) in [5.41, 5.74) is 2.00. The Morgan fingerprint density at radius 2 is 0.970 bits per heavy atom. The van der Waals surface area contributed by atoms with Crippen LogP contribution in [-0.2, 0) is 0 Å². The lowest BCUT2D eigenvalue weighted by molar-refractivity contribution is 0.304. The zero-order valence-electron chi connectivity index (χ0n) is 21.1. The van der Waals surface area contributed by atoms with Gasteiger partial charge in [-0.05, 0) is 66.9 Å². The van der Waals surface area contributed by atoms with Gasteiger partial charge in [0.05, 0.1) is 18.9 Å². The standard InChI is InChI=1S/C30H45NO2/c1-3-5-7-9-10-11-13-15-25-33-30-22-18-28(19-23-30)31-26-27-16-20-29(21-17-27)32-24-14-12-8-6-4-2/h16-23,26H,3-15,24-25H2,1-2H3. The van der Waals surface area contributed by atoms with Gasteiger partial charge in [-0.3, -0.25) is 4.99 Å². The summed E-state index contributed by atoms with van der Waals surface area (Å²) >= 11 is 0. The highest BCUT2D eigenvalue weighted by Gasteiger charge is 1.98. The normalized spacial score (nSPS) is 11.2. The first-order chi connectivity index (χ1) is 16.3. The number of unbranched alkanes of at least 4 members (excludes halogenated alkanes) is 11. The molecule has 0 aromatic heterocycles. The van der Waals surface area contributed by atoms with Gasteiger partial charge in [-0.15, -0.1) is 0 Å². The van der Waals surface area contributed by atoms with E-state index >= 15 is 0 Å². The second kappa shape index (κ2) is 18.2. The summed E-state index contributed by atoms with van der Waals surface area (Å²) in [5.74, 6) is 1.86. The second-order valence-electron chi connectivity index (χ2n) is 8.91. The second-order valence-corrected chi connectivity index (χ2v) is 8.91. The number of nitrogens with zero attached hydrogens (tertiary/aromatic N) is 1. The van der Waals surface area contributed by atoms with Gasteiger partial charge < -0.3 is 9.47 Å². The maximum atomic E-state index is 5.88. The quantitative estimate of drug-likeness (QED) is 0.157. The van der Waals surface area contributed by atoms with Crippen molar-refractivity contribution in [3.8, 4) is 11.5 Å². The molecule has 0 radical (unpaired) electrons. The number of ether oxygens (including phenoxy) is 2. The summed E-state index contributed by atoms with van der Waals surface area (Å²) in [5, 5.41) is 0. The predicted octanol–water partition coefficient (Wildman–Crippen LogP) is 9.31. The smallest absolute Gasteiger partial charge is 0.119 e. The molecule has 0 unspecified atom stereocenters. The molecule has 0 saturated heterocycles. The summed E-state index contributed by atoms with van der Waals surface area (Å²) in [4.78, 5) is 4.58. The Bertz CT molecular complexity index is 737. The Morgan fingerprint density at radius 1 is 0.545 bits per heavy atom. The summed E-state index contributed by atoms with van der Waals surface area (Å²) in [7, 11) is 0. The molecule has 0 saturated carbocycles. The minimum Gasteiger partial charge on any atom is -0.494 e. The van der Waals surface area contributed by atoms with Gasteiger partial charge in [-0.2, -0.15) is 0 Å². The fourth-order valence-corrected chi connectivity index (χ4v) is 3.75. The minimum atomic E-state index is 0.796. The highest BCUT2D eigenvalue weighted by molar-refractivity contribution is 5.82.